The molecule has 1 rings (SSSR count). The Morgan fingerprint density at radius 1 is 1.20 bits per heavy atom. The Balaban J connectivity index is 0.000000265. The van der Waals surface area contributed by atoms with Crippen molar-refractivity contribution in [2.24, 2.45) is 0 Å². The molecule has 0 aromatic heterocycles. The van der Waals surface area contributed by atoms with Crippen molar-refractivity contribution >= 4 is 5.97 Å². The number of carboxylic acids is 1. The van der Waals surface area contributed by atoms with E-state index in [0.717, 1.165) is 0 Å². The Labute approximate surface area is 86.1 Å². The number of benzene rings is 1. The average molecular weight is 207 g/mol. The maximum Gasteiger partial charge on any atom is 0.345 e. The molecule has 0 heterocycles. The smallest absolute Gasteiger partial charge is 0.345 e. The highest BCUT2D eigenvalue weighted by Crippen LogP contribution is 2.13. The highest BCUT2D eigenvalue weighted by atomic mass is 16.4. The second-order valence-electron chi connectivity index (χ2n) is 2.41. The molecule has 0 spiro atoms. The Bertz CT molecular complexity index is 368. The van der Waals surface area contributed by atoms with Gasteiger partial charge in [0.2, 0.25) is 0 Å². The standard InChI is InChI=1S/C6H6O2.C4H3NO2/c7-5-1-2-6(8)4-3-5;1-3(2-5)4(6)7/h1-4,7-8H;1H2,(H,6,7). The highest BCUT2D eigenvalue weighted by molar-refractivity contribution is 5.90. The van der Waals surface area contributed by atoms with E-state index < -0.39 is 11.5 Å². The average Bonchev–Trinajstić information content (AvgIpc) is 2.22. The van der Waals surface area contributed by atoms with Crippen LogP contribution in [-0.2, 0) is 4.79 Å². The molecular formula is C10H9NO4. The van der Waals surface area contributed by atoms with Crippen LogP contribution >= 0.6 is 0 Å². The number of nitriles is 1. The quantitative estimate of drug-likeness (QED) is 0.365. The maximum absolute atomic E-state index is 9.61. The predicted molar refractivity (Wildman–Crippen MR) is 52.2 cm³/mol. The Morgan fingerprint density at radius 3 is 1.67 bits per heavy atom. The van der Waals surface area contributed by atoms with Gasteiger partial charge in [0, 0.05) is 0 Å². The number of nitrogens with zero attached hydrogens (tertiary/aromatic N) is 1. The topological polar surface area (TPSA) is 102 Å². The number of phenolic OH excluding ortho intramolecular Hbond substituents is 2. The number of carbonyl (C=O) groups is 1. The van der Waals surface area contributed by atoms with Crippen LogP contribution in [0.25, 0.3) is 0 Å². The van der Waals surface area contributed by atoms with Crippen LogP contribution in [0.4, 0.5) is 0 Å². The molecule has 0 radical (unpaired) electrons. The summed E-state index contributed by atoms with van der Waals surface area (Å²) in [6, 6.07) is 7.07. The summed E-state index contributed by atoms with van der Waals surface area (Å²) in [6.45, 7) is 2.91. The Morgan fingerprint density at radius 2 is 1.53 bits per heavy atom. The second-order valence-corrected chi connectivity index (χ2v) is 2.41. The van der Waals surface area contributed by atoms with Crippen molar-refractivity contribution < 1.29 is 20.1 Å². The summed E-state index contributed by atoms with van der Waals surface area (Å²) in [4.78, 5) is 9.61. The van der Waals surface area contributed by atoms with Gasteiger partial charge in [-0.15, -0.1) is 0 Å². The van der Waals surface area contributed by atoms with Crippen LogP contribution in [0, 0.1) is 11.3 Å². The first-order chi connectivity index (χ1) is 6.97. The van der Waals surface area contributed by atoms with E-state index >= 15 is 0 Å². The van der Waals surface area contributed by atoms with Crippen molar-refractivity contribution in [1.82, 2.24) is 0 Å². The molecule has 5 heteroatoms. The van der Waals surface area contributed by atoms with E-state index in [2.05, 4.69) is 6.58 Å². The molecule has 1 aromatic carbocycles. The molecule has 0 saturated carbocycles. The molecular weight excluding hydrogens is 198 g/mol. The molecule has 0 unspecified atom stereocenters. The van der Waals surface area contributed by atoms with Crippen LogP contribution in [-0.4, -0.2) is 21.3 Å². The zero-order chi connectivity index (χ0) is 11.8. The number of hydrogen-bond acceptors (Lipinski definition) is 4. The van der Waals surface area contributed by atoms with E-state index in [-0.39, 0.29) is 11.5 Å². The molecule has 1 aromatic rings. The van der Waals surface area contributed by atoms with Gasteiger partial charge < -0.3 is 15.3 Å². The van der Waals surface area contributed by atoms with Gasteiger partial charge in [-0.1, -0.05) is 6.58 Å². The van der Waals surface area contributed by atoms with E-state index in [0.29, 0.717) is 0 Å². The fourth-order valence-electron chi connectivity index (χ4n) is 0.500. The Kier molecular flexibility index (Phi) is 5.05. The van der Waals surface area contributed by atoms with Gasteiger partial charge in [0.15, 0.2) is 0 Å². The lowest BCUT2D eigenvalue weighted by Crippen LogP contribution is -1.94. The van der Waals surface area contributed by atoms with Crippen LogP contribution < -0.4 is 0 Å². The first-order valence-corrected chi connectivity index (χ1v) is 3.77. The number of phenols is 2. The molecule has 0 atom stereocenters. The van der Waals surface area contributed by atoms with E-state index in [1.165, 1.54) is 30.3 Å². The third-order valence-electron chi connectivity index (χ3n) is 1.24. The van der Waals surface area contributed by atoms with Gasteiger partial charge in [0.25, 0.3) is 0 Å². The molecule has 0 bridgehead atoms. The van der Waals surface area contributed by atoms with Crippen molar-refractivity contribution in [2.75, 3.05) is 0 Å². The van der Waals surface area contributed by atoms with E-state index in [9.17, 15) is 4.79 Å². The number of aromatic hydroxyl groups is 2. The van der Waals surface area contributed by atoms with Crippen LogP contribution in [0.5, 0.6) is 11.5 Å². The van der Waals surface area contributed by atoms with Gasteiger partial charge in [0.1, 0.15) is 23.1 Å². The molecule has 15 heavy (non-hydrogen) atoms. The van der Waals surface area contributed by atoms with Crippen LogP contribution in [0.15, 0.2) is 36.4 Å². The van der Waals surface area contributed by atoms with E-state index in [1.54, 1.807) is 0 Å². The molecule has 0 aliphatic rings. The van der Waals surface area contributed by atoms with Crippen molar-refractivity contribution in [3.05, 3.63) is 36.4 Å². The summed E-state index contributed by atoms with van der Waals surface area (Å²) in [7, 11) is 0. The van der Waals surface area contributed by atoms with Crippen molar-refractivity contribution in [1.29, 1.82) is 5.26 Å². The van der Waals surface area contributed by atoms with Crippen molar-refractivity contribution in [3.63, 3.8) is 0 Å². The third-order valence-corrected chi connectivity index (χ3v) is 1.24. The lowest BCUT2D eigenvalue weighted by Gasteiger charge is -1.88. The number of rotatable bonds is 1. The molecule has 78 valence electrons. The van der Waals surface area contributed by atoms with E-state index in [4.69, 9.17) is 20.6 Å². The third kappa shape index (κ3) is 5.71. The van der Waals surface area contributed by atoms with Gasteiger partial charge in [-0.3, -0.25) is 0 Å². The fourth-order valence-corrected chi connectivity index (χ4v) is 0.500. The lowest BCUT2D eigenvalue weighted by atomic mass is 10.3. The molecule has 0 fully saturated rings. The van der Waals surface area contributed by atoms with Crippen LogP contribution in [0.1, 0.15) is 0 Å². The zero-order valence-electron chi connectivity index (χ0n) is 7.71. The summed E-state index contributed by atoms with van der Waals surface area (Å²) in [5, 5.41) is 32.9. The Hall–Kier alpha value is -2.48. The van der Waals surface area contributed by atoms with E-state index in [1.807, 2.05) is 0 Å². The van der Waals surface area contributed by atoms with Crippen LogP contribution in [0.2, 0.25) is 0 Å². The summed E-state index contributed by atoms with van der Waals surface area (Å²) in [5.41, 5.74) is -0.431. The van der Waals surface area contributed by atoms with Crippen molar-refractivity contribution in [2.45, 2.75) is 0 Å². The van der Waals surface area contributed by atoms with Crippen molar-refractivity contribution in [3.8, 4) is 17.6 Å². The first-order valence-electron chi connectivity index (χ1n) is 3.77. The zero-order valence-corrected chi connectivity index (χ0v) is 7.71. The molecule has 0 amide bonds. The normalized spacial score (nSPS) is 7.93. The highest BCUT2D eigenvalue weighted by Gasteiger charge is 1.97. The monoisotopic (exact) mass is 207 g/mol. The van der Waals surface area contributed by atoms with Gasteiger partial charge in [-0.2, -0.15) is 5.26 Å². The summed E-state index contributed by atoms with van der Waals surface area (Å²) in [6.07, 6.45) is 0. The first kappa shape index (κ1) is 12.5. The summed E-state index contributed by atoms with van der Waals surface area (Å²) in [5.74, 6) is -0.923. The lowest BCUT2D eigenvalue weighted by molar-refractivity contribution is -0.132. The second kappa shape index (κ2) is 6.05. The maximum atomic E-state index is 9.61. The minimum Gasteiger partial charge on any atom is -0.508 e. The van der Waals surface area contributed by atoms with Gasteiger partial charge in [0.05, 0.1) is 0 Å². The minimum atomic E-state index is -1.26. The number of carboxylic acid groups (broad SMARTS) is 1. The molecule has 3 N–H and O–H groups in total. The van der Waals surface area contributed by atoms with Gasteiger partial charge >= 0.3 is 5.97 Å². The fraction of sp³-hybridized carbons (Fsp3) is 0. The molecule has 5 nitrogen and oxygen atoms in total. The molecule has 0 saturated heterocycles. The SMILES string of the molecule is C=C(C#N)C(=O)O.Oc1ccc(O)cc1. The summed E-state index contributed by atoms with van der Waals surface area (Å²) < 4.78 is 0. The predicted octanol–water partition coefficient (Wildman–Crippen LogP) is 1.25. The molecule has 0 aliphatic carbocycles. The minimum absolute atomic E-state index is 0.169. The number of hydrogen-bond donors (Lipinski definition) is 3. The van der Waals surface area contributed by atoms with Crippen LogP contribution in [0.3, 0.4) is 0 Å². The summed E-state index contributed by atoms with van der Waals surface area (Å²) >= 11 is 0. The molecule has 0 aliphatic heterocycles. The van der Waals surface area contributed by atoms with Gasteiger partial charge in [-0.25, -0.2) is 4.79 Å². The van der Waals surface area contributed by atoms with Gasteiger partial charge in [-0.05, 0) is 24.3 Å². The largest absolute Gasteiger partial charge is 0.508 e. The number of aliphatic carboxylic acids is 1.